The lowest BCUT2D eigenvalue weighted by molar-refractivity contribution is 0.136. The molecular formula is C15H23FO2. The lowest BCUT2D eigenvalue weighted by Gasteiger charge is -2.24. The predicted octanol–water partition coefficient (Wildman–Crippen LogP) is 3.97. The Hall–Kier alpha value is -1.09. The van der Waals surface area contributed by atoms with E-state index >= 15 is 0 Å². The van der Waals surface area contributed by atoms with E-state index in [4.69, 9.17) is 9.47 Å². The Labute approximate surface area is 109 Å². The van der Waals surface area contributed by atoms with Crippen LogP contribution < -0.4 is 4.74 Å². The van der Waals surface area contributed by atoms with Gasteiger partial charge in [0, 0.05) is 0 Å². The highest BCUT2D eigenvalue weighted by atomic mass is 19.1. The first-order valence-electron chi connectivity index (χ1n) is 6.89. The number of rotatable bonds is 1. The minimum absolute atomic E-state index is 0.174. The van der Waals surface area contributed by atoms with E-state index in [0.29, 0.717) is 0 Å². The molecule has 3 rings (SSSR count). The molecule has 0 saturated carbocycles. The molecule has 0 bridgehead atoms. The standard InChI is InChI=1S/C11H11FO2.2C2H6/c12-8-2-4-9-7(5-8)1-3-10(14-9)11-6-13-11;2*1-2/h2,4-5,10-11H,1,3,6H2;2*1-2H3. The molecule has 2 aliphatic rings. The summed E-state index contributed by atoms with van der Waals surface area (Å²) in [6.45, 7) is 8.81. The van der Waals surface area contributed by atoms with Gasteiger partial charge in [0.15, 0.2) is 0 Å². The molecule has 0 spiro atoms. The second-order valence-corrected chi connectivity index (χ2v) is 3.82. The summed E-state index contributed by atoms with van der Waals surface area (Å²) in [5.41, 5.74) is 0.974. The van der Waals surface area contributed by atoms with Crippen molar-refractivity contribution in [2.24, 2.45) is 0 Å². The van der Waals surface area contributed by atoms with Gasteiger partial charge in [-0.05, 0) is 36.6 Å². The molecule has 102 valence electrons. The maximum Gasteiger partial charge on any atom is 0.127 e. The zero-order valence-electron chi connectivity index (χ0n) is 11.7. The highest BCUT2D eigenvalue weighted by Crippen LogP contribution is 2.32. The van der Waals surface area contributed by atoms with Crippen LogP contribution in [0.25, 0.3) is 0 Å². The molecule has 1 aromatic rings. The van der Waals surface area contributed by atoms with E-state index in [1.165, 1.54) is 6.07 Å². The number of epoxide rings is 1. The second-order valence-electron chi connectivity index (χ2n) is 3.82. The van der Waals surface area contributed by atoms with Crippen molar-refractivity contribution < 1.29 is 13.9 Å². The maximum absolute atomic E-state index is 12.9. The molecule has 2 atom stereocenters. The van der Waals surface area contributed by atoms with Crippen LogP contribution in [0.3, 0.4) is 0 Å². The monoisotopic (exact) mass is 254 g/mol. The molecule has 1 fully saturated rings. The van der Waals surface area contributed by atoms with Gasteiger partial charge in [-0.3, -0.25) is 0 Å². The summed E-state index contributed by atoms with van der Waals surface area (Å²) in [6.07, 6.45) is 2.26. The quantitative estimate of drug-likeness (QED) is 0.707. The summed E-state index contributed by atoms with van der Waals surface area (Å²) in [6, 6.07) is 4.70. The molecule has 2 aliphatic heterocycles. The van der Waals surface area contributed by atoms with Crippen LogP contribution >= 0.6 is 0 Å². The molecule has 0 amide bonds. The SMILES string of the molecule is CC.CC.Fc1ccc2c(c1)CCC(C1CO1)O2. The van der Waals surface area contributed by atoms with Crippen molar-refractivity contribution in [3.05, 3.63) is 29.6 Å². The van der Waals surface area contributed by atoms with Gasteiger partial charge in [-0.1, -0.05) is 27.7 Å². The number of ether oxygens (including phenoxy) is 2. The number of halogens is 1. The van der Waals surface area contributed by atoms with Crippen LogP contribution in [0.5, 0.6) is 5.75 Å². The topological polar surface area (TPSA) is 21.8 Å². The fourth-order valence-corrected chi connectivity index (χ4v) is 1.91. The average molecular weight is 254 g/mol. The van der Waals surface area contributed by atoms with Crippen LogP contribution in [-0.2, 0) is 11.2 Å². The highest BCUT2D eigenvalue weighted by molar-refractivity contribution is 5.36. The zero-order chi connectivity index (χ0) is 13.5. The number of benzene rings is 1. The van der Waals surface area contributed by atoms with E-state index in [-0.39, 0.29) is 18.0 Å². The summed E-state index contributed by atoms with van der Waals surface area (Å²) in [5.74, 6) is 0.631. The van der Waals surface area contributed by atoms with Gasteiger partial charge in [0.05, 0.1) is 6.61 Å². The fraction of sp³-hybridized carbons (Fsp3) is 0.600. The van der Waals surface area contributed by atoms with E-state index in [0.717, 1.165) is 30.8 Å². The van der Waals surface area contributed by atoms with Crippen molar-refractivity contribution in [3.8, 4) is 5.75 Å². The third kappa shape index (κ3) is 3.70. The van der Waals surface area contributed by atoms with Crippen LogP contribution in [0.15, 0.2) is 18.2 Å². The van der Waals surface area contributed by atoms with Gasteiger partial charge in [-0.25, -0.2) is 4.39 Å². The smallest absolute Gasteiger partial charge is 0.127 e. The Balaban J connectivity index is 0.000000371. The summed E-state index contributed by atoms with van der Waals surface area (Å²) >= 11 is 0. The average Bonchev–Trinajstić information content (AvgIpc) is 3.27. The molecule has 1 aromatic carbocycles. The number of fused-ring (bicyclic) bond motifs is 1. The Kier molecular flexibility index (Phi) is 6.13. The minimum atomic E-state index is -0.187. The molecule has 18 heavy (non-hydrogen) atoms. The molecule has 3 heteroatoms. The van der Waals surface area contributed by atoms with Crippen molar-refractivity contribution in [3.63, 3.8) is 0 Å². The first kappa shape index (κ1) is 15.0. The summed E-state index contributed by atoms with van der Waals surface area (Å²) in [7, 11) is 0. The Bertz CT molecular complexity index is 362. The second kappa shape index (κ2) is 7.37. The molecule has 0 aliphatic carbocycles. The van der Waals surface area contributed by atoms with E-state index in [9.17, 15) is 4.39 Å². The Morgan fingerprint density at radius 3 is 2.39 bits per heavy atom. The van der Waals surface area contributed by atoms with E-state index in [2.05, 4.69) is 0 Å². The largest absolute Gasteiger partial charge is 0.487 e. The Morgan fingerprint density at radius 2 is 1.78 bits per heavy atom. The first-order valence-corrected chi connectivity index (χ1v) is 6.89. The Morgan fingerprint density at radius 1 is 1.11 bits per heavy atom. The molecule has 2 unspecified atom stereocenters. The van der Waals surface area contributed by atoms with Gasteiger partial charge in [-0.15, -0.1) is 0 Å². The molecular weight excluding hydrogens is 231 g/mol. The third-order valence-corrected chi connectivity index (χ3v) is 2.77. The van der Waals surface area contributed by atoms with Crippen LogP contribution in [0, 0.1) is 5.82 Å². The van der Waals surface area contributed by atoms with Crippen LogP contribution in [0.4, 0.5) is 4.39 Å². The van der Waals surface area contributed by atoms with E-state index < -0.39 is 0 Å². The fourth-order valence-electron chi connectivity index (χ4n) is 1.91. The lowest BCUT2D eigenvalue weighted by Crippen LogP contribution is -2.27. The number of hydrogen-bond acceptors (Lipinski definition) is 2. The highest BCUT2D eigenvalue weighted by Gasteiger charge is 2.36. The molecule has 0 N–H and O–H groups in total. The third-order valence-electron chi connectivity index (χ3n) is 2.77. The minimum Gasteiger partial charge on any atom is -0.487 e. The molecule has 1 saturated heterocycles. The normalized spacial score (nSPS) is 23.4. The van der Waals surface area contributed by atoms with Gasteiger partial charge >= 0.3 is 0 Å². The van der Waals surface area contributed by atoms with Crippen molar-refractivity contribution in [2.75, 3.05) is 6.61 Å². The number of hydrogen-bond donors (Lipinski definition) is 0. The number of aryl methyl sites for hydroxylation is 1. The van der Waals surface area contributed by atoms with E-state index in [1.807, 2.05) is 27.7 Å². The van der Waals surface area contributed by atoms with Crippen LogP contribution in [-0.4, -0.2) is 18.8 Å². The van der Waals surface area contributed by atoms with Gasteiger partial charge < -0.3 is 9.47 Å². The zero-order valence-corrected chi connectivity index (χ0v) is 11.7. The van der Waals surface area contributed by atoms with E-state index in [1.54, 1.807) is 12.1 Å². The predicted molar refractivity (Wildman–Crippen MR) is 71.6 cm³/mol. The first-order chi connectivity index (χ1) is 8.83. The van der Waals surface area contributed by atoms with Crippen molar-refractivity contribution >= 4 is 0 Å². The van der Waals surface area contributed by atoms with Crippen LogP contribution in [0.2, 0.25) is 0 Å². The molecule has 0 aromatic heterocycles. The van der Waals surface area contributed by atoms with Gasteiger partial charge in [0.1, 0.15) is 23.8 Å². The van der Waals surface area contributed by atoms with Gasteiger partial charge in [0.2, 0.25) is 0 Å². The molecule has 2 heterocycles. The summed E-state index contributed by atoms with van der Waals surface area (Å²) in [4.78, 5) is 0. The van der Waals surface area contributed by atoms with Gasteiger partial charge in [0.25, 0.3) is 0 Å². The lowest BCUT2D eigenvalue weighted by atomic mass is 10.0. The van der Waals surface area contributed by atoms with Crippen molar-refractivity contribution in [1.29, 1.82) is 0 Å². The van der Waals surface area contributed by atoms with Crippen molar-refractivity contribution in [1.82, 2.24) is 0 Å². The van der Waals surface area contributed by atoms with Gasteiger partial charge in [-0.2, -0.15) is 0 Å². The maximum atomic E-state index is 12.9. The van der Waals surface area contributed by atoms with Crippen LogP contribution in [0.1, 0.15) is 39.7 Å². The summed E-state index contributed by atoms with van der Waals surface area (Å²) in [5, 5.41) is 0. The molecule has 2 nitrogen and oxygen atoms in total. The van der Waals surface area contributed by atoms with Crippen molar-refractivity contribution in [2.45, 2.75) is 52.7 Å². The molecule has 0 radical (unpaired) electrons. The summed E-state index contributed by atoms with van der Waals surface area (Å²) < 4.78 is 23.8.